The summed E-state index contributed by atoms with van der Waals surface area (Å²) in [7, 11) is 0. The van der Waals surface area contributed by atoms with E-state index in [1.54, 1.807) is 12.1 Å². The molecule has 2 nitrogen and oxygen atoms in total. The van der Waals surface area contributed by atoms with Gasteiger partial charge in [-0.15, -0.1) is 0 Å². The van der Waals surface area contributed by atoms with Gasteiger partial charge in [-0.25, -0.2) is 8.78 Å². The van der Waals surface area contributed by atoms with Gasteiger partial charge in [-0.2, -0.15) is 0 Å². The number of hydrogen-bond donors (Lipinski definition) is 0. The van der Waals surface area contributed by atoms with Crippen molar-refractivity contribution in [1.82, 2.24) is 0 Å². The summed E-state index contributed by atoms with van der Waals surface area (Å²) in [6.45, 7) is 1.83. The van der Waals surface area contributed by atoms with Crippen LogP contribution in [0.4, 0.5) is 8.78 Å². The van der Waals surface area contributed by atoms with Crippen LogP contribution in [0.15, 0.2) is 66.7 Å². The van der Waals surface area contributed by atoms with Gasteiger partial charge in [-0.1, -0.05) is 48.5 Å². The molecule has 0 aliphatic carbocycles. The van der Waals surface area contributed by atoms with Gasteiger partial charge in [0.05, 0.1) is 5.56 Å². The molecule has 3 aromatic rings. The van der Waals surface area contributed by atoms with Gasteiger partial charge in [-0.05, 0) is 36.2 Å². The first-order valence-corrected chi connectivity index (χ1v) is 7.82. The second kappa shape index (κ2) is 7.26. The van der Waals surface area contributed by atoms with Crippen LogP contribution in [-0.2, 0) is 6.61 Å². The molecule has 4 heteroatoms. The highest BCUT2D eigenvalue weighted by atomic mass is 19.1. The second-order valence-electron chi connectivity index (χ2n) is 5.68. The van der Waals surface area contributed by atoms with E-state index in [2.05, 4.69) is 0 Å². The molecule has 0 saturated heterocycles. The topological polar surface area (TPSA) is 26.3 Å². The van der Waals surface area contributed by atoms with Gasteiger partial charge < -0.3 is 4.74 Å². The van der Waals surface area contributed by atoms with E-state index in [0.29, 0.717) is 12.4 Å². The van der Waals surface area contributed by atoms with Crippen LogP contribution in [0, 0.1) is 18.6 Å². The lowest BCUT2D eigenvalue weighted by atomic mass is 10.00. The van der Waals surface area contributed by atoms with Crippen LogP contribution in [0.1, 0.15) is 27.0 Å². The Bertz CT molecular complexity index is 905. The first kappa shape index (κ1) is 16.8. The predicted octanol–water partition coefficient (Wildman–Crippen LogP) is 5.08. The van der Waals surface area contributed by atoms with Crippen molar-refractivity contribution in [3.8, 4) is 5.75 Å². The van der Waals surface area contributed by atoms with Gasteiger partial charge in [0.1, 0.15) is 24.0 Å². The van der Waals surface area contributed by atoms with Crippen molar-refractivity contribution in [2.75, 3.05) is 0 Å². The molecule has 0 radical (unpaired) electrons. The summed E-state index contributed by atoms with van der Waals surface area (Å²) in [6.07, 6.45) is 0. The van der Waals surface area contributed by atoms with Crippen LogP contribution in [0.3, 0.4) is 0 Å². The zero-order chi connectivity index (χ0) is 17.8. The maximum atomic E-state index is 14.2. The molecule has 0 bridgehead atoms. The Kier molecular flexibility index (Phi) is 4.89. The Morgan fingerprint density at radius 2 is 1.72 bits per heavy atom. The molecule has 0 heterocycles. The summed E-state index contributed by atoms with van der Waals surface area (Å²) in [5, 5.41) is 0. The second-order valence-corrected chi connectivity index (χ2v) is 5.68. The van der Waals surface area contributed by atoms with Gasteiger partial charge in [0.25, 0.3) is 0 Å². The molecule has 3 rings (SSSR count). The Hall–Kier alpha value is -3.01. The van der Waals surface area contributed by atoms with Gasteiger partial charge in [0, 0.05) is 5.56 Å². The smallest absolute Gasteiger partial charge is 0.199 e. The van der Waals surface area contributed by atoms with Crippen LogP contribution in [-0.4, -0.2) is 5.78 Å². The maximum absolute atomic E-state index is 14.2. The molecule has 126 valence electrons. The lowest BCUT2D eigenvalue weighted by molar-refractivity contribution is 0.103. The van der Waals surface area contributed by atoms with E-state index in [1.807, 2.05) is 30.3 Å². The molecule has 0 aliphatic rings. The largest absolute Gasteiger partial charge is 0.489 e. The van der Waals surface area contributed by atoms with E-state index in [4.69, 9.17) is 4.74 Å². The maximum Gasteiger partial charge on any atom is 0.199 e. The summed E-state index contributed by atoms with van der Waals surface area (Å²) < 4.78 is 33.8. The molecule has 0 aromatic heterocycles. The number of carbonyl (C=O) groups is 1. The number of rotatable bonds is 5. The van der Waals surface area contributed by atoms with Crippen molar-refractivity contribution >= 4 is 5.78 Å². The summed E-state index contributed by atoms with van der Waals surface area (Å²) in [5.41, 5.74) is 0.838. The fraction of sp³-hybridized carbons (Fsp3) is 0.0952. The van der Waals surface area contributed by atoms with Crippen molar-refractivity contribution in [3.05, 3.63) is 101 Å². The number of benzene rings is 3. The Labute approximate surface area is 144 Å². The van der Waals surface area contributed by atoms with E-state index in [9.17, 15) is 13.6 Å². The van der Waals surface area contributed by atoms with E-state index in [-0.39, 0.29) is 11.1 Å². The molecule has 0 aliphatic heterocycles. The van der Waals surface area contributed by atoms with Gasteiger partial charge in [0.15, 0.2) is 5.78 Å². The minimum absolute atomic E-state index is 0.175. The number of hydrogen-bond acceptors (Lipinski definition) is 2. The van der Waals surface area contributed by atoms with Crippen LogP contribution >= 0.6 is 0 Å². The molecule has 0 saturated carbocycles. The van der Waals surface area contributed by atoms with Crippen LogP contribution < -0.4 is 4.74 Å². The van der Waals surface area contributed by atoms with Crippen LogP contribution in [0.25, 0.3) is 0 Å². The highest BCUT2D eigenvalue weighted by Crippen LogP contribution is 2.22. The fourth-order valence-corrected chi connectivity index (χ4v) is 2.48. The number of halogens is 2. The van der Waals surface area contributed by atoms with Crippen molar-refractivity contribution in [2.45, 2.75) is 13.5 Å². The highest BCUT2D eigenvalue weighted by molar-refractivity contribution is 6.09. The third-order valence-electron chi connectivity index (χ3n) is 3.86. The first-order valence-electron chi connectivity index (χ1n) is 7.82. The summed E-state index contributed by atoms with van der Waals surface area (Å²) in [6, 6.07) is 18.3. The Balaban J connectivity index is 1.84. The van der Waals surface area contributed by atoms with Crippen molar-refractivity contribution in [1.29, 1.82) is 0 Å². The zero-order valence-corrected chi connectivity index (χ0v) is 13.6. The van der Waals surface area contributed by atoms with Crippen molar-refractivity contribution < 1.29 is 18.3 Å². The van der Waals surface area contributed by atoms with E-state index < -0.39 is 23.0 Å². The number of aryl methyl sites for hydroxylation is 1. The third kappa shape index (κ3) is 3.74. The minimum Gasteiger partial charge on any atom is -0.489 e. The molecular weight excluding hydrogens is 322 g/mol. The highest BCUT2D eigenvalue weighted by Gasteiger charge is 2.20. The third-order valence-corrected chi connectivity index (χ3v) is 3.86. The first-order chi connectivity index (χ1) is 12.1. The van der Waals surface area contributed by atoms with E-state index >= 15 is 0 Å². The molecule has 0 atom stereocenters. The molecule has 25 heavy (non-hydrogen) atoms. The standard InChI is InChI=1S/C21H16F2O2/c1-14-10-11-18(22)19(20(14)23)21(24)16-8-5-9-17(12-16)25-13-15-6-3-2-4-7-15/h2-12H,13H2,1H3. The van der Waals surface area contributed by atoms with Crippen LogP contribution in [0.2, 0.25) is 0 Å². The number of ether oxygens (including phenoxy) is 1. The lowest BCUT2D eigenvalue weighted by Gasteiger charge is -2.09. The zero-order valence-electron chi connectivity index (χ0n) is 13.6. The molecule has 0 amide bonds. The van der Waals surface area contributed by atoms with E-state index in [1.165, 1.54) is 25.1 Å². The minimum atomic E-state index is -0.872. The molecule has 0 N–H and O–H groups in total. The molecule has 0 unspecified atom stereocenters. The summed E-state index contributed by atoms with van der Waals surface area (Å²) >= 11 is 0. The van der Waals surface area contributed by atoms with Gasteiger partial charge in [0.2, 0.25) is 0 Å². The average Bonchev–Trinajstić information content (AvgIpc) is 2.64. The molecular formula is C21H16F2O2. The van der Waals surface area contributed by atoms with Crippen LogP contribution in [0.5, 0.6) is 5.75 Å². The number of ketones is 1. The molecule has 0 fully saturated rings. The number of carbonyl (C=O) groups excluding carboxylic acids is 1. The van der Waals surface area contributed by atoms with Crippen molar-refractivity contribution in [3.63, 3.8) is 0 Å². The monoisotopic (exact) mass is 338 g/mol. The average molecular weight is 338 g/mol. The normalized spacial score (nSPS) is 10.5. The predicted molar refractivity (Wildman–Crippen MR) is 91.7 cm³/mol. The van der Waals surface area contributed by atoms with Crippen molar-refractivity contribution in [2.24, 2.45) is 0 Å². The lowest BCUT2D eigenvalue weighted by Crippen LogP contribution is -2.09. The van der Waals surface area contributed by atoms with Gasteiger partial charge >= 0.3 is 0 Å². The SMILES string of the molecule is Cc1ccc(F)c(C(=O)c2cccc(OCc3ccccc3)c2)c1F. The summed E-state index contributed by atoms with van der Waals surface area (Å²) in [5.74, 6) is -1.95. The fourth-order valence-electron chi connectivity index (χ4n) is 2.48. The quantitative estimate of drug-likeness (QED) is 0.606. The Morgan fingerprint density at radius 1 is 0.960 bits per heavy atom. The molecule has 3 aromatic carbocycles. The Morgan fingerprint density at radius 3 is 2.48 bits per heavy atom. The van der Waals surface area contributed by atoms with E-state index in [0.717, 1.165) is 11.6 Å². The molecule has 0 spiro atoms. The summed E-state index contributed by atoms with van der Waals surface area (Å²) in [4.78, 5) is 12.5. The van der Waals surface area contributed by atoms with Gasteiger partial charge in [-0.3, -0.25) is 4.79 Å².